The lowest BCUT2D eigenvalue weighted by molar-refractivity contribution is -0.122. The summed E-state index contributed by atoms with van der Waals surface area (Å²) in [7, 11) is 1.55. The summed E-state index contributed by atoms with van der Waals surface area (Å²) < 4.78 is 19.8. The number of rotatable bonds is 6. The first-order chi connectivity index (χ1) is 15.9. The van der Waals surface area contributed by atoms with Crippen LogP contribution in [0, 0.1) is 5.82 Å². The maximum absolute atomic E-state index is 13.8. The first-order valence-corrected chi connectivity index (χ1v) is 11.0. The van der Waals surface area contributed by atoms with E-state index in [0.29, 0.717) is 11.4 Å². The van der Waals surface area contributed by atoms with Crippen LogP contribution in [0.5, 0.6) is 5.75 Å². The van der Waals surface area contributed by atoms with Crippen LogP contribution < -0.4 is 9.64 Å². The average Bonchev–Trinajstić information content (AvgIpc) is 3.11. The van der Waals surface area contributed by atoms with Crippen molar-refractivity contribution in [1.29, 1.82) is 0 Å². The molecule has 4 rings (SSSR count). The largest absolute Gasteiger partial charge is 0.497 e. The molecule has 0 unspecified atom stereocenters. The molecular formula is C25H20BrFN2O4. The topological polar surface area (TPSA) is 66.9 Å². The van der Waals surface area contributed by atoms with Crippen molar-refractivity contribution in [1.82, 2.24) is 4.90 Å². The third-order valence-electron chi connectivity index (χ3n) is 5.43. The Morgan fingerprint density at radius 3 is 2.42 bits per heavy atom. The van der Waals surface area contributed by atoms with E-state index >= 15 is 0 Å². The molecule has 0 radical (unpaired) electrons. The van der Waals surface area contributed by atoms with E-state index in [1.807, 2.05) is 0 Å². The zero-order valence-electron chi connectivity index (χ0n) is 17.7. The van der Waals surface area contributed by atoms with Gasteiger partial charge >= 0.3 is 0 Å². The molecule has 6 nitrogen and oxygen atoms in total. The summed E-state index contributed by atoms with van der Waals surface area (Å²) in [6.45, 7) is 0.0667. The van der Waals surface area contributed by atoms with E-state index < -0.39 is 29.6 Å². The Hall–Kier alpha value is -3.52. The molecule has 0 N–H and O–H groups in total. The molecule has 1 saturated heterocycles. The van der Waals surface area contributed by atoms with Gasteiger partial charge in [-0.15, -0.1) is 0 Å². The van der Waals surface area contributed by atoms with Crippen LogP contribution in [0.3, 0.4) is 0 Å². The normalized spacial score (nSPS) is 15.6. The Morgan fingerprint density at radius 1 is 1.09 bits per heavy atom. The van der Waals surface area contributed by atoms with Crippen molar-refractivity contribution in [3.05, 3.63) is 94.2 Å². The summed E-state index contributed by atoms with van der Waals surface area (Å²) in [5.41, 5.74) is 1.27. The summed E-state index contributed by atoms with van der Waals surface area (Å²) in [6, 6.07) is 18.1. The van der Waals surface area contributed by atoms with Crippen LogP contribution in [0.15, 0.2) is 77.3 Å². The summed E-state index contributed by atoms with van der Waals surface area (Å²) in [5, 5.41) is 0. The number of ether oxygens (including phenoxy) is 1. The SMILES string of the molecule is COc1ccc(CN(C(=O)c2cccc(F)c2)[C@@H]2CC(=O)N(c3ccc(Br)cc3)C2=O)cc1. The highest BCUT2D eigenvalue weighted by Gasteiger charge is 2.44. The van der Waals surface area contributed by atoms with Gasteiger partial charge in [-0.3, -0.25) is 14.4 Å². The molecule has 1 fully saturated rings. The second kappa shape index (κ2) is 9.54. The van der Waals surface area contributed by atoms with Crippen molar-refractivity contribution in [2.24, 2.45) is 0 Å². The molecule has 8 heteroatoms. The number of hydrogen-bond donors (Lipinski definition) is 0. The molecule has 1 heterocycles. The summed E-state index contributed by atoms with van der Waals surface area (Å²) in [5.74, 6) is -1.35. The van der Waals surface area contributed by atoms with E-state index in [2.05, 4.69) is 15.9 Å². The van der Waals surface area contributed by atoms with Crippen molar-refractivity contribution in [2.75, 3.05) is 12.0 Å². The first kappa shape index (κ1) is 22.7. The van der Waals surface area contributed by atoms with Crippen LogP contribution in [0.25, 0.3) is 0 Å². The Bertz CT molecular complexity index is 1200. The van der Waals surface area contributed by atoms with Crippen molar-refractivity contribution >= 4 is 39.3 Å². The van der Waals surface area contributed by atoms with Gasteiger partial charge in [0.2, 0.25) is 5.91 Å². The van der Waals surface area contributed by atoms with Crippen LogP contribution in [-0.4, -0.2) is 35.8 Å². The molecule has 0 bridgehead atoms. The molecule has 3 aromatic rings. The monoisotopic (exact) mass is 510 g/mol. The minimum Gasteiger partial charge on any atom is -0.497 e. The molecular weight excluding hydrogens is 491 g/mol. The molecule has 0 aliphatic carbocycles. The summed E-state index contributed by atoms with van der Waals surface area (Å²) in [6.07, 6.45) is -0.161. The number of methoxy groups -OCH3 is 1. The maximum Gasteiger partial charge on any atom is 0.257 e. The Kier molecular flexibility index (Phi) is 6.55. The molecule has 0 aromatic heterocycles. The smallest absolute Gasteiger partial charge is 0.257 e. The second-order valence-corrected chi connectivity index (χ2v) is 8.47. The zero-order chi connectivity index (χ0) is 23.5. The molecule has 168 valence electrons. The number of halogens is 2. The minimum absolute atomic E-state index is 0.0667. The van der Waals surface area contributed by atoms with Gasteiger partial charge in [-0.05, 0) is 60.2 Å². The van der Waals surface area contributed by atoms with Crippen LogP contribution in [-0.2, 0) is 16.1 Å². The van der Waals surface area contributed by atoms with Gasteiger partial charge in [-0.2, -0.15) is 0 Å². The van der Waals surface area contributed by atoms with Gasteiger partial charge < -0.3 is 9.64 Å². The third kappa shape index (κ3) is 4.80. The quantitative estimate of drug-likeness (QED) is 0.455. The summed E-state index contributed by atoms with van der Waals surface area (Å²) in [4.78, 5) is 42.0. The average molecular weight is 511 g/mol. The van der Waals surface area contributed by atoms with E-state index in [1.54, 1.807) is 55.6 Å². The zero-order valence-corrected chi connectivity index (χ0v) is 19.3. The van der Waals surface area contributed by atoms with Crippen LogP contribution in [0.2, 0.25) is 0 Å². The van der Waals surface area contributed by atoms with Gasteiger partial charge in [0.25, 0.3) is 11.8 Å². The standard InChI is InChI=1S/C25H20BrFN2O4/c1-33-21-11-5-16(6-12-21)15-28(24(31)17-3-2-4-19(27)13-17)22-14-23(30)29(25(22)32)20-9-7-18(26)8-10-20/h2-13,22H,14-15H2,1H3/t22-/m1/s1. The van der Waals surface area contributed by atoms with Gasteiger partial charge in [-0.25, -0.2) is 9.29 Å². The number of hydrogen-bond acceptors (Lipinski definition) is 4. The van der Waals surface area contributed by atoms with Gasteiger partial charge in [0.15, 0.2) is 0 Å². The van der Waals surface area contributed by atoms with E-state index in [4.69, 9.17) is 4.74 Å². The van der Waals surface area contributed by atoms with Gasteiger partial charge in [0, 0.05) is 16.6 Å². The number of nitrogens with zero attached hydrogens (tertiary/aromatic N) is 2. The van der Waals surface area contributed by atoms with Gasteiger partial charge in [0.05, 0.1) is 19.2 Å². The van der Waals surface area contributed by atoms with Crippen LogP contribution >= 0.6 is 15.9 Å². The highest BCUT2D eigenvalue weighted by molar-refractivity contribution is 9.10. The second-order valence-electron chi connectivity index (χ2n) is 7.56. The Labute approximate surface area is 198 Å². The number of carbonyl (C=O) groups is 3. The Balaban J connectivity index is 1.68. The molecule has 3 amide bonds. The highest BCUT2D eigenvalue weighted by atomic mass is 79.9. The number of amides is 3. The van der Waals surface area contributed by atoms with Gasteiger partial charge in [0.1, 0.15) is 17.6 Å². The van der Waals surface area contributed by atoms with Crippen molar-refractivity contribution in [2.45, 2.75) is 19.0 Å². The fraction of sp³-hybridized carbons (Fsp3) is 0.160. The molecule has 0 spiro atoms. The van der Waals surface area contributed by atoms with E-state index in [-0.39, 0.29) is 18.5 Å². The fourth-order valence-electron chi connectivity index (χ4n) is 3.76. The fourth-order valence-corrected chi connectivity index (χ4v) is 4.02. The predicted octanol–water partition coefficient (Wildman–Crippen LogP) is 4.57. The molecule has 33 heavy (non-hydrogen) atoms. The van der Waals surface area contributed by atoms with E-state index in [0.717, 1.165) is 21.0 Å². The van der Waals surface area contributed by atoms with Crippen molar-refractivity contribution in [3.63, 3.8) is 0 Å². The predicted molar refractivity (Wildman–Crippen MR) is 124 cm³/mol. The Morgan fingerprint density at radius 2 is 1.79 bits per heavy atom. The van der Waals surface area contributed by atoms with Crippen LogP contribution in [0.4, 0.5) is 10.1 Å². The van der Waals surface area contributed by atoms with Gasteiger partial charge in [-0.1, -0.05) is 34.1 Å². The molecule has 1 aliphatic rings. The maximum atomic E-state index is 13.8. The van der Waals surface area contributed by atoms with Crippen molar-refractivity contribution < 1.29 is 23.5 Å². The molecule has 1 atom stereocenters. The lowest BCUT2D eigenvalue weighted by Crippen LogP contribution is -2.45. The number of imide groups is 1. The lowest BCUT2D eigenvalue weighted by Gasteiger charge is -2.28. The molecule has 3 aromatic carbocycles. The third-order valence-corrected chi connectivity index (χ3v) is 5.96. The molecule has 1 aliphatic heterocycles. The number of benzene rings is 3. The number of anilines is 1. The van der Waals surface area contributed by atoms with E-state index in [1.165, 1.54) is 23.1 Å². The highest BCUT2D eigenvalue weighted by Crippen LogP contribution is 2.29. The summed E-state index contributed by atoms with van der Waals surface area (Å²) >= 11 is 3.34. The first-order valence-electron chi connectivity index (χ1n) is 10.2. The van der Waals surface area contributed by atoms with Crippen LogP contribution in [0.1, 0.15) is 22.3 Å². The lowest BCUT2D eigenvalue weighted by atomic mass is 10.1. The van der Waals surface area contributed by atoms with Crippen molar-refractivity contribution in [3.8, 4) is 5.75 Å². The van der Waals surface area contributed by atoms with E-state index in [9.17, 15) is 18.8 Å². The number of carbonyl (C=O) groups excluding carboxylic acids is 3. The minimum atomic E-state index is -1.01. The molecule has 0 saturated carbocycles.